The van der Waals surface area contributed by atoms with Crippen molar-refractivity contribution in [3.05, 3.63) is 82.3 Å². The number of pyridine rings is 1. The van der Waals surface area contributed by atoms with Crippen LogP contribution >= 0.6 is 15.9 Å². The first-order valence-corrected chi connectivity index (χ1v) is 13.0. The molecule has 0 fully saturated rings. The lowest BCUT2D eigenvalue weighted by Gasteiger charge is -2.21. The maximum absolute atomic E-state index is 14.1. The van der Waals surface area contributed by atoms with E-state index in [4.69, 9.17) is 4.74 Å². The van der Waals surface area contributed by atoms with Gasteiger partial charge in [-0.1, -0.05) is 22.0 Å². The van der Waals surface area contributed by atoms with Crippen molar-refractivity contribution in [1.82, 2.24) is 9.55 Å². The Kier molecular flexibility index (Phi) is 6.83. The molecule has 2 amide bonds. The van der Waals surface area contributed by atoms with Gasteiger partial charge in [-0.25, -0.2) is 23.5 Å². The Hall–Kier alpha value is -3.92. The summed E-state index contributed by atoms with van der Waals surface area (Å²) in [6.45, 7) is 6.83. The van der Waals surface area contributed by atoms with Crippen LogP contribution in [0, 0.1) is 5.82 Å². The fraction of sp³-hybridized carbons (Fsp3) is 0.250. The molecule has 1 aliphatic rings. The minimum Gasteiger partial charge on any atom is -0.443 e. The predicted octanol–water partition coefficient (Wildman–Crippen LogP) is 6.93. The molecule has 2 N–H and O–H groups in total. The van der Waals surface area contributed by atoms with E-state index in [0.717, 1.165) is 35.2 Å². The zero-order chi connectivity index (χ0) is 27.0. The van der Waals surface area contributed by atoms with Gasteiger partial charge in [0.1, 0.15) is 17.1 Å². The Bertz CT molecular complexity index is 1550. The highest BCUT2D eigenvalue weighted by Gasteiger charge is 2.25. The first kappa shape index (κ1) is 25.7. The summed E-state index contributed by atoms with van der Waals surface area (Å²) in [6, 6.07) is 13.4. The number of amides is 2. The molecular weight excluding hydrogens is 553 g/mol. The quantitative estimate of drug-likeness (QED) is 0.274. The van der Waals surface area contributed by atoms with Gasteiger partial charge in [0, 0.05) is 52.3 Å². The first-order chi connectivity index (χ1) is 18.1. The molecule has 0 radical (unpaired) electrons. The monoisotopic (exact) mass is 579 g/mol. The molecular formula is C28H27BrFN5O3. The molecule has 2 aromatic carbocycles. The maximum Gasteiger partial charge on any atom is 0.420 e. The number of anilines is 3. The number of hydrogen-bond acceptors (Lipinski definition) is 5. The van der Waals surface area contributed by atoms with Crippen molar-refractivity contribution in [3.8, 4) is 0 Å². The zero-order valence-corrected chi connectivity index (χ0v) is 22.8. The minimum absolute atomic E-state index is 0.0890. The molecule has 0 spiro atoms. The number of fused-ring (bicyclic) bond motifs is 2. The van der Waals surface area contributed by atoms with Crippen LogP contribution in [0.2, 0.25) is 0 Å². The zero-order valence-electron chi connectivity index (χ0n) is 21.2. The van der Waals surface area contributed by atoms with E-state index in [2.05, 4.69) is 36.4 Å². The van der Waals surface area contributed by atoms with E-state index in [1.54, 1.807) is 18.5 Å². The van der Waals surface area contributed by atoms with Crippen LogP contribution in [-0.2, 0) is 17.7 Å². The minimum atomic E-state index is -0.612. The van der Waals surface area contributed by atoms with E-state index in [-0.39, 0.29) is 5.69 Å². The topological polar surface area (TPSA) is 88.5 Å². The van der Waals surface area contributed by atoms with Crippen molar-refractivity contribution in [3.63, 3.8) is 0 Å². The van der Waals surface area contributed by atoms with Crippen molar-refractivity contribution in [2.45, 2.75) is 39.3 Å². The van der Waals surface area contributed by atoms with E-state index < -0.39 is 23.5 Å². The Morgan fingerprint density at radius 1 is 1.11 bits per heavy atom. The third-order valence-corrected chi connectivity index (χ3v) is 6.67. The molecule has 0 saturated carbocycles. The van der Waals surface area contributed by atoms with Crippen LogP contribution in [-0.4, -0.2) is 33.8 Å². The molecule has 0 saturated heterocycles. The van der Waals surface area contributed by atoms with E-state index in [0.29, 0.717) is 22.4 Å². The molecule has 196 valence electrons. The third kappa shape index (κ3) is 5.35. The Labute approximate surface area is 227 Å². The summed E-state index contributed by atoms with van der Waals surface area (Å²) in [4.78, 5) is 32.0. The molecule has 8 nitrogen and oxygen atoms in total. The molecule has 4 aromatic rings. The van der Waals surface area contributed by atoms with E-state index >= 15 is 0 Å². The summed E-state index contributed by atoms with van der Waals surface area (Å²) < 4.78 is 21.7. The van der Waals surface area contributed by atoms with Gasteiger partial charge in [0.2, 0.25) is 0 Å². The number of aromatic nitrogens is 2. The van der Waals surface area contributed by atoms with Gasteiger partial charge >= 0.3 is 12.1 Å². The van der Waals surface area contributed by atoms with Crippen molar-refractivity contribution in [2.24, 2.45) is 0 Å². The molecule has 1 aliphatic heterocycles. The molecule has 2 aromatic heterocycles. The van der Waals surface area contributed by atoms with E-state index in [1.807, 2.05) is 51.1 Å². The van der Waals surface area contributed by atoms with Crippen LogP contribution < -0.4 is 15.5 Å². The normalized spacial score (nSPS) is 12.9. The average Bonchev–Trinajstić information content (AvgIpc) is 3.46. The number of carbonyl (C=O) groups is 2. The van der Waals surface area contributed by atoms with Crippen LogP contribution in [0.1, 0.15) is 31.9 Å². The maximum atomic E-state index is 14.1. The number of urea groups is 1. The largest absolute Gasteiger partial charge is 0.443 e. The molecule has 5 rings (SSSR count). The molecule has 0 atom stereocenters. The summed E-state index contributed by atoms with van der Waals surface area (Å²) in [5, 5.41) is 6.31. The van der Waals surface area contributed by atoms with Gasteiger partial charge in [0.25, 0.3) is 0 Å². The highest BCUT2D eigenvalue weighted by Crippen LogP contribution is 2.35. The van der Waals surface area contributed by atoms with Crippen molar-refractivity contribution in [1.29, 1.82) is 0 Å². The second-order valence-corrected chi connectivity index (χ2v) is 11.0. The summed E-state index contributed by atoms with van der Waals surface area (Å²) in [5.74, 6) is -0.517. The van der Waals surface area contributed by atoms with Gasteiger partial charge in [-0.3, -0.25) is 0 Å². The van der Waals surface area contributed by atoms with E-state index in [1.165, 1.54) is 16.7 Å². The lowest BCUT2D eigenvalue weighted by Crippen LogP contribution is -2.27. The van der Waals surface area contributed by atoms with Gasteiger partial charge < -0.3 is 20.3 Å². The molecule has 10 heteroatoms. The molecule has 0 bridgehead atoms. The number of nitrogens with zero attached hydrogens (tertiary/aromatic N) is 3. The smallest absolute Gasteiger partial charge is 0.420 e. The summed E-state index contributed by atoms with van der Waals surface area (Å²) >= 11 is 3.29. The van der Waals surface area contributed by atoms with Crippen LogP contribution in [0.4, 0.5) is 31.0 Å². The number of benzene rings is 2. The molecule has 38 heavy (non-hydrogen) atoms. The third-order valence-electron chi connectivity index (χ3n) is 6.18. The van der Waals surface area contributed by atoms with Gasteiger partial charge in [-0.2, -0.15) is 0 Å². The molecule has 0 aliphatic carbocycles. The Balaban J connectivity index is 1.34. The van der Waals surface area contributed by atoms with Gasteiger partial charge in [-0.05, 0) is 75.2 Å². The summed E-state index contributed by atoms with van der Waals surface area (Å²) in [7, 11) is 0. The highest BCUT2D eigenvalue weighted by atomic mass is 79.9. The second kappa shape index (κ2) is 10.1. The highest BCUT2D eigenvalue weighted by molar-refractivity contribution is 9.10. The SMILES string of the molecule is CC(C)(C)OC(=O)n1ccc2c(CN3CCc4c(NC(=O)Nc5cc(Br)ccc5F)cccc43)ccnc21. The van der Waals surface area contributed by atoms with Crippen molar-refractivity contribution < 1.29 is 18.7 Å². The molecule has 0 unspecified atom stereocenters. The van der Waals surface area contributed by atoms with E-state index in [9.17, 15) is 14.0 Å². The molecule has 3 heterocycles. The number of carbonyl (C=O) groups excluding carboxylic acids is 2. The number of rotatable bonds is 4. The van der Waals surface area contributed by atoms with Gasteiger partial charge in [0.05, 0.1) is 5.69 Å². The number of hydrogen-bond donors (Lipinski definition) is 2. The fourth-order valence-corrected chi connectivity index (χ4v) is 4.91. The van der Waals surface area contributed by atoms with Crippen LogP contribution in [0.5, 0.6) is 0 Å². The lowest BCUT2D eigenvalue weighted by atomic mass is 10.1. The summed E-state index contributed by atoms with van der Waals surface area (Å²) in [6.07, 6.45) is 3.64. The van der Waals surface area contributed by atoms with Crippen LogP contribution in [0.15, 0.2) is 65.4 Å². The number of halogens is 2. The van der Waals surface area contributed by atoms with Crippen molar-refractivity contribution >= 4 is 56.1 Å². The Morgan fingerprint density at radius 2 is 1.89 bits per heavy atom. The van der Waals surface area contributed by atoms with Crippen LogP contribution in [0.3, 0.4) is 0 Å². The second-order valence-electron chi connectivity index (χ2n) is 10.1. The average molecular weight is 580 g/mol. The number of ether oxygens (including phenoxy) is 1. The Morgan fingerprint density at radius 3 is 2.68 bits per heavy atom. The number of nitrogens with one attached hydrogen (secondary N) is 2. The standard InChI is InChI=1S/C28H27BrFN5O3/c1-28(2,3)38-27(37)35-14-11-19-17(9-12-31-25(19)35)16-34-13-10-20-22(5-4-6-24(20)34)32-26(36)33-23-15-18(29)7-8-21(23)30/h4-9,11-12,14-15H,10,13,16H2,1-3H3,(H2,32,33,36). The van der Waals surface area contributed by atoms with Gasteiger partial charge in [-0.15, -0.1) is 0 Å². The first-order valence-electron chi connectivity index (χ1n) is 12.2. The summed E-state index contributed by atoms with van der Waals surface area (Å²) in [5.41, 5.74) is 3.73. The van der Waals surface area contributed by atoms with Crippen LogP contribution in [0.25, 0.3) is 11.0 Å². The van der Waals surface area contributed by atoms with Gasteiger partial charge in [0.15, 0.2) is 0 Å². The lowest BCUT2D eigenvalue weighted by molar-refractivity contribution is 0.0543. The fourth-order valence-electron chi connectivity index (χ4n) is 4.55. The predicted molar refractivity (Wildman–Crippen MR) is 149 cm³/mol. The van der Waals surface area contributed by atoms with Crippen molar-refractivity contribution in [2.75, 3.05) is 22.1 Å².